The van der Waals surface area contributed by atoms with E-state index in [1.807, 2.05) is 12.1 Å². The lowest BCUT2D eigenvalue weighted by molar-refractivity contribution is 0.122. The summed E-state index contributed by atoms with van der Waals surface area (Å²) in [5, 5.41) is 8.82. The molecule has 1 heterocycles. The Kier molecular flexibility index (Phi) is 4.17. The number of benzene rings is 1. The molecule has 0 amide bonds. The van der Waals surface area contributed by atoms with Gasteiger partial charge < -0.3 is 14.8 Å². The quantitative estimate of drug-likeness (QED) is 0.832. The Hall–Kier alpha value is -0.620. The van der Waals surface area contributed by atoms with E-state index in [0.717, 1.165) is 42.0 Å². The van der Waals surface area contributed by atoms with E-state index in [-0.39, 0.29) is 0 Å². The van der Waals surface area contributed by atoms with E-state index in [2.05, 4.69) is 32.4 Å². The number of hydrogen-bond donors (Lipinski definition) is 2. The summed E-state index contributed by atoms with van der Waals surface area (Å²) in [5.74, 6) is 0. The van der Waals surface area contributed by atoms with E-state index >= 15 is 0 Å². The molecule has 0 aliphatic carbocycles. The number of nitrogens with one attached hydrogen (secondary N) is 1. The van der Waals surface area contributed by atoms with Crippen molar-refractivity contribution in [3.8, 4) is 0 Å². The maximum absolute atomic E-state index is 8.82. The minimum atomic E-state index is 0.451. The smallest absolute Gasteiger partial charge is 0.0642 e. The maximum Gasteiger partial charge on any atom is 0.0642 e. The normalized spacial score (nSPS) is 16.5. The van der Waals surface area contributed by atoms with Crippen molar-refractivity contribution >= 4 is 21.6 Å². The van der Waals surface area contributed by atoms with Crippen LogP contribution in [-0.4, -0.2) is 31.5 Å². The average Bonchev–Trinajstić information content (AvgIpc) is 2.31. The molecule has 1 fully saturated rings. The van der Waals surface area contributed by atoms with Gasteiger partial charge in [-0.05, 0) is 23.8 Å². The van der Waals surface area contributed by atoms with E-state index < -0.39 is 0 Å². The average molecular weight is 287 g/mol. The number of ether oxygens (including phenoxy) is 1. The zero-order chi connectivity index (χ0) is 11.4. The van der Waals surface area contributed by atoms with E-state index in [4.69, 9.17) is 9.94 Å². The number of hydroxylamine groups is 1. The van der Waals surface area contributed by atoms with E-state index in [0.29, 0.717) is 6.54 Å². The van der Waals surface area contributed by atoms with Crippen LogP contribution in [0, 0.1) is 0 Å². The van der Waals surface area contributed by atoms with Crippen LogP contribution in [0.5, 0.6) is 0 Å². The van der Waals surface area contributed by atoms with Crippen LogP contribution in [0.4, 0.5) is 5.69 Å². The second-order valence-corrected chi connectivity index (χ2v) is 4.62. The van der Waals surface area contributed by atoms with Crippen molar-refractivity contribution < 1.29 is 9.94 Å². The van der Waals surface area contributed by atoms with Crippen molar-refractivity contribution in [1.82, 2.24) is 5.48 Å². The van der Waals surface area contributed by atoms with E-state index in [1.165, 1.54) is 0 Å². The van der Waals surface area contributed by atoms with Gasteiger partial charge in [0.1, 0.15) is 0 Å². The van der Waals surface area contributed by atoms with Crippen LogP contribution in [0.1, 0.15) is 5.56 Å². The summed E-state index contributed by atoms with van der Waals surface area (Å²) in [5.41, 5.74) is 4.45. The molecule has 4 nitrogen and oxygen atoms in total. The van der Waals surface area contributed by atoms with Gasteiger partial charge >= 0.3 is 0 Å². The Morgan fingerprint density at radius 3 is 2.81 bits per heavy atom. The fraction of sp³-hybridized carbons (Fsp3) is 0.455. The Labute approximate surface area is 103 Å². The lowest BCUT2D eigenvalue weighted by Gasteiger charge is -2.30. The van der Waals surface area contributed by atoms with Crippen LogP contribution >= 0.6 is 15.9 Å². The molecule has 0 atom stereocenters. The molecule has 0 bridgehead atoms. The summed E-state index contributed by atoms with van der Waals surface area (Å²) in [6.07, 6.45) is 0. The maximum atomic E-state index is 8.82. The molecule has 5 heteroatoms. The number of anilines is 1. The monoisotopic (exact) mass is 286 g/mol. The molecule has 1 aliphatic heterocycles. The third kappa shape index (κ3) is 2.74. The summed E-state index contributed by atoms with van der Waals surface area (Å²) < 4.78 is 6.35. The van der Waals surface area contributed by atoms with E-state index in [9.17, 15) is 0 Å². The van der Waals surface area contributed by atoms with E-state index in [1.54, 1.807) is 0 Å². The zero-order valence-corrected chi connectivity index (χ0v) is 10.5. The Balaban J connectivity index is 2.23. The molecule has 88 valence electrons. The molecule has 2 rings (SSSR count). The molecule has 2 N–H and O–H groups in total. The van der Waals surface area contributed by atoms with Crippen LogP contribution in [0.2, 0.25) is 0 Å². The first-order valence-electron chi connectivity index (χ1n) is 5.29. The van der Waals surface area contributed by atoms with Gasteiger partial charge in [0.25, 0.3) is 0 Å². The summed E-state index contributed by atoms with van der Waals surface area (Å²) in [6.45, 7) is 3.79. The molecule has 0 spiro atoms. The van der Waals surface area contributed by atoms with Crippen molar-refractivity contribution in [2.24, 2.45) is 0 Å². The fourth-order valence-corrected chi connectivity index (χ4v) is 2.30. The van der Waals surface area contributed by atoms with Crippen molar-refractivity contribution in [1.29, 1.82) is 0 Å². The summed E-state index contributed by atoms with van der Waals surface area (Å²) in [7, 11) is 0. The summed E-state index contributed by atoms with van der Waals surface area (Å²) >= 11 is 3.44. The van der Waals surface area contributed by atoms with Crippen LogP contribution in [-0.2, 0) is 11.3 Å². The molecule has 1 saturated heterocycles. The number of rotatable bonds is 3. The second-order valence-electron chi connectivity index (χ2n) is 3.71. The first kappa shape index (κ1) is 11.9. The first-order valence-corrected chi connectivity index (χ1v) is 6.08. The molecule has 0 saturated carbocycles. The van der Waals surface area contributed by atoms with Gasteiger partial charge in [-0.2, -0.15) is 0 Å². The largest absolute Gasteiger partial charge is 0.378 e. The van der Waals surface area contributed by atoms with Gasteiger partial charge in [0.2, 0.25) is 0 Å². The van der Waals surface area contributed by atoms with Crippen molar-refractivity contribution in [2.45, 2.75) is 6.54 Å². The van der Waals surface area contributed by atoms with Crippen LogP contribution in [0.3, 0.4) is 0 Å². The molecule has 1 aromatic rings. The fourth-order valence-electron chi connectivity index (χ4n) is 1.89. The van der Waals surface area contributed by atoms with Gasteiger partial charge in [-0.1, -0.05) is 15.9 Å². The van der Waals surface area contributed by atoms with Gasteiger partial charge in [0.05, 0.1) is 13.2 Å². The van der Waals surface area contributed by atoms with Gasteiger partial charge in [-0.3, -0.25) is 0 Å². The predicted octanol–water partition coefficient (Wildman–Crippen LogP) is 1.76. The summed E-state index contributed by atoms with van der Waals surface area (Å²) in [4.78, 5) is 2.28. The molecule has 0 radical (unpaired) electrons. The summed E-state index contributed by atoms with van der Waals surface area (Å²) in [6, 6.07) is 6.11. The molecule has 16 heavy (non-hydrogen) atoms. The highest BCUT2D eigenvalue weighted by Gasteiger charge is 2.14. The second kappa shape index (κ2) is 5.63. The lowest BCUT2D eigenvalue weighted by Crippen LogP contribution is -2.37. The molecule has 1 aliphatic rings. The molecule has 1 aromatic carbocycles. The minimum Gasteiger partial charge on any atom is -0.378 e. The Morgan fingerprint density at radius 1 is 1.38 bits per heavy atom. The Morgan fingerprint density at radius 2 is 2.12 bits per heavy atom. The Bertz CT molecular complexity index is 354. The highest BCUT2D eigenvalue weighted by molar-refractivity contribution is 9.10. The van der Waals surface area contributed by atoms with Crippen molar-refractivity contribution in [2.75, 3.05) is 31.2 Å². The minimum absolute atomic E-state index is 0.451. The molecule has 0 unspecified atom stereocenters. The molecule has 0 aromatic heterocycles. The van der Waals surface area contributed by atoms with Crippen LogP contribution < -0.4 is 10.4 Å². The number of nitrogens with zero attached hydrogens (tertiary/aromatic N) is 1. The van der Waals surface area contributed by atoms with Crippen LogP contribution in [0.15, 0.2) is 22.7 Å². The number of halogens is 1. The molecular weight excluding hydrogens is 272 g/mol. The third-order valence-electron chi connectivity index (χ3n) is 2.66. The third-order valence-corrected chi connectivity index (χ3v) is 3.16. The van der Waals surface area contributed by atoms with Gasteiger partial charge in [0, 0.05) is 29.8 Å². The predicted molar refractivity (Wildman–Crippen MR) is 65.8 cm³/mol. The highest BCUT2D eigenvalue weighted by atomic mass is 79.9. The van der Waals surface area contributed by atoms with Gasteiger partial charge in [-0.15, -0.1) is 0 Å². The zero-order valence-electron chi connectivity index (χ0n) is 8.95. The topological polar surface area (TPSA) is 44.7 Å². The van der Waals surface area contributed by atoms with Gasteiger partial charge in [-0.25, -0.2) is 5.48 Å². The van der Waals surface area contributed by atoms with Crippen molar-refractivity contribution in [3.63, 3.8) is 0 Å². The van der Waals surface area contributed by atoms with Crippen molar-refractivity contribution in [3.05, 3.63) is 28.2 Å². The lowest BCUT2D eigenvalue weighted by atomic mass is 10.1. The van der Waals surface area contributed by atoms with Crippen LogP contribution in [0.25, 0.3) is 0 Å². The number of morpholine rings is 1. The SMILES string of the molecule is ONCc1cc(Br)ccc1N1CCOCC1. The first-order chi connectivity index (χ1) is 7.81. The number of hydrogen-bond acceptors (Lipinski definition) is 4. The highest BCUT2D eigenvalue weighted by Crippen LogP contribution is 2.25. The molecular formula is C11H15BrN2O2. The standard InChI is InChI=1S/C11H15BrN2O2/c12-10-1-2-11(9(7-10)8-13-15)14-3-5-16-6-4-14/h1-2,7,13,15H,3-6,8H2. The van der Waals surface area contributed by atoms with Gasteiger partial charge in [0.15, 0.2) is 0 Å².